The van der Waals surface area contributed by atoms with Crippen molar-refractivity contribution in [1.82, 2.24) is 4.37 Å². The molecule has 1 rings (SSSR count). The fraction of sp³-hybridized carbons (Fsp3) is 0.417. The Labute approximate surface area is 111 Å². The zero-order valence-electron chi connectivity index (χ0n) is 11.0. The summed E-state index contributed by atoms with van der Waals surface area (Å²) in [7, 11) is 0. The Bertz CT molecular complexity index is 460. The molecule has 5 nitrogen and oxygen atoms in total. The standard InChI is InChI=1S/C12H17N3O2S/c1-6-10(13-5)8(3)17-12(16)14-11-7(2)15-18-9(11)4/h6,8H,5H2,1-4H3,(H,14,16)/b10-6-/t8-/m1/s1. The van der Waals surface area contributed by atoms with Gasteiger partial charge in [0.25, 0.3) is 0 Å². The van der Waals surface area contributed by atoms with Gasteiger partial charge >= 0.3 is 6.09 Å². The highest BCUT2D eigenvalue weighted by Crippen LogP contribution is 2.23. The molecule has 0 spiro atoms. The number of ether oxygens (including phenoxy) is 1. The van der Waals surface area contributed by atoms with Gasteiger partial charge in [0.05, 0.1) is 17.1 Å². The van der Waals surface area contributed by atoms with E-state index in [1.165, 1.54) is 11.5 Å². The molecular weight excluding hydrogens is 250 g/mol. The number of nitrogens with one attached hydrogen (secondary N) is 1. The van der Waals surface area contributed by atoms with Gasteiger partial charge in [-0.15, -0.1) is 0 Å². The normalized spacial score (nSPS) is 13.0. The molecule has 0 saturated carbocycles. The third-order valence-electron chi connectivity index (χ3n) is 2.44. The van der Waals surface area contributed by atoms with Crippen molar-refractivity contribution >= 4 is 30.0 Å². The molecule has 6 heteroatoms. The lowest BCUT2D eigenvalue weighted by Gasteiger charge is -2.14. The van der Waals surface area contributed by atoms with Gasteiger partial charge in [-0.3, -0.25) is 10.3 Å². The number of rotatable bonds is 4. The van der Waals surface area contributed by atoms with Crippen LogP contribution in [0, 0.1) is 13.8 Å². The van der Waals surface area contributed by atoms with Crippen molar-refractivity contribution in [2.45, 2.75) is 33.8 Å². The molecule has 18 heavy (non-hydrogen) atoms. The topological polar surface area (TPSA) is 63.6 Å². The third-order valence-corrected chi connectivity index (χ3v) is 3.28. The van der Waals surface area contributed by atoms with Gasteiger partial charge in [0, 0.05) is 4.88 Å². The smallest absolute Gasteiger partial charge is 0.412 e. The van der Waals surface area contributed by atoms with Gasteiger partial charge in [-0.1, -0.05) is 6.08 Å². The van der Waals surface area contributed by atoms with E-state index in [2.05, 4.69) is 21.4 Å². The van der Waals surface area contributed by atoms with Crippen LogP contribution in [0.1, 0.15) is 24.4 Å². The van der Waals surface area contributed by atoms with Crippen molar-refractivity contribution in [2.75, 3.05) is 5.32 Å². The minimum Gasteiger partial charge on any atom is -0.440 e. The van der Waals surface area contributed by atoms with Gasteiger partial charge in [-0.05, 0) is 45.9 Å². The van der Waals surface area contributed by atoms with Crippen LogP contribution in [0.25, 0.3) is 0 Å². The predicted octanol–water partition coefficient (Wildman–Crippen LogP) is 3.30. The van der Waals surface area contributed by atoms with Gasteiger partial charge < -0.3 is 4.74 Å². The molecule has 0 fully saturated rings. The molecule has 1 aromatic heterocycles. The van der Waals surface area contributed by atoms with Crippen LogP contribution in [-0.4, -0.2) is 23.3 Å². The maximum atomic E-state index is 11.7. The molecule has 1 aromatic rings. The lowest BCUT2D eigenvalue weighted by Crippen LogP contribution is -2.21. The van der Waals surface area contributed by atoms with Gasteiger partial charge in [-0.25, -0.2) is 4.79 Å². The number of anilines is 1. The molecule has 1 amide bonds. The van der Waals surface area contributed by atoms with E-state index in [4.69, 9.17) is 4.74 Å². The molecule has 0 unspecified atom stereocenters. The number of hydrogen-bond acceptors (Lipinski definition) is 5. The Kier molecular flexibility index (Phi) is 5.03. The van der Waals surface area contributed by atoms with Gasteiger partial charge in [0.15, 0.2) is 0 Å². The molecule has 0 aliphatic rings. The number of carbonyl (C=O) groups excluding carboxylic acids is 1. The van der Waals surface area contributed by atoms with E-state index in [1.807, 2.05) is 20.8 Å². The van der Waals surface area contributed by atoms with Crippen molar-refractivity contribution in [3.63, 3.8) is 0 Å². The molecule has 0 aromatic carbocycles. The number of allylic oxidation sites excluding steroid dienone is 1. The SMILES string of the molecule is C=N/C(=C\C)[C@@H](C)OC(=O)Nc1c(C)nsc1C. The maximum absolute atomic E-state index is 11.7. The first-order chi connectivity index (χ1) is 8.49. The first-order valence-corrected chi connectivity index (χ1v) is 6.30. The van der Waals surface area contributed by atoms with Crippen molar-refractivity contribution in [1.29, 1.82) is 0 Å². The Morgan fingerprint density at radius 2 is 2.28 bits per heavy atom. The molecule has 1 atom stereocenters. The second-order valence-electron chi connectivity index (χ2n) is 3.74. The van der Waals surface area contributed by atoms with E-state index < -0.39 is 12.2 Å². The fourth-order valence-corrected chi connectivity index (χ4v) is 2.12. The van der Waals surface area contributed by atoms with Crippen molar-refractivity contribution in [3.05, 3.63) is 22.3 Å². The van der Waals surface area contributed by atoms with Crippen molar-refractivity contribution in [2.24, 2.45) is 4.99 Å². The largest absolute Gasteiger partial charge is 0.440 e. The lowest BCUT2D eigenvalue weighted by molar-refractivity contribution is 0.136. The number of aryl methyl sites for hydroxylation is 2. The van der Waals surface area contributed by atoms with Crippen LogP contribution in [0.5, 0.6) is 0 Å². The van der Waals surface area contributed by atoms with Crippen LogP contribution >= 0.6 is 11.5 Å². The Morgan fingerprint density at radius 3 is 2.72 bits per heavy atom. The summed E-state index contributed by atoms with van der Waals surface area (Å²) in [5.41, 5.74) is 2.13. The van der Waals surface area contributed by atoms with Crippen molar-refractivity contribution < 1.29 is 9.53 Å². The van der Waals surface area contributed by atoms with E-state index in [1.54, 1.807) is 13.0 Å². The number of aromatic nitrogens is 1. The minimum absolute atomic E-state index is 0.431. The average molecular weight is 267 g/mol. The summed E-state index contributed by atoms with van der Waals surface area (Å²) < 4.78 is 9.35. The molecule has 1 heterocycles. The number of nitrogens with zero attached hydrogens (tertiary/aromatic N) is 2. The molecule has 1 N–H and O–H groups in total. The number of aliphatic imine (C=N–C) groups is 1. The highest BCUT2D eigenvalue weighted by atomic mass is 32.1. The van der Waals surface area contributed by atoms with Crippen LogP contribution in [-0.2, 0) is 4.74 Å². The van der Waals surface area contributed by atoms with E-state index in [-0.39, 0.29) is 0 Å². The minimum atomic E-state index is -0.517. The number of carbonyl (C=O) groups is 1. The second-order valence-corrected chi connectivity index (χ2v) is 4.72. The molecule has 0 radical (unpaired) electrons. The van der Waals surface area contributed by atoms with Crippen LogP contribution in [0.2, 0.25) is 0 Å². The quantitative estimate of drug-likeness (QED) is 0.851. The van der Waals surface area contributed by atoms with Gasteiger partial charge in [0.2, 0.25) is 0 Å². The number of hydrogen-bond donors (Lipinski definition) is 1. The summed E-state index contributed by atoms with van der Waals surface area (Å²) >= 11 is 1.35. The van der Waals surface area contributed by atoms with E-state index in [0.717, 1.165) is 10.6 Å². The third kappa shape index (κ3) is 3.40. The molecule has 0 bridgehead atoms. The summed E-state index contributed by atoms with van der Waals surface area (Å²) in [6.45, 7) is 10.7. The number of amides is 1. The Hall–Kier alpha value is -1.69. The Morgan fingerprint density at radius 1 is 1.61 bits per heavy atom. The monoisotopic (exact) mass is 267 g/mol. The van der Waals surface area contributed by atoms with E-state index in [9.17, 15) is 4.79 Å². The van der Waals surface area contributed by atoms with Gasteiger partial charge in [-0.2, -0.15) is 4.37 Å². The highest BCUT2D eigenvalue weighted by molar-refractivity contribution is 7.06. The molecule has 0 aliphatic heterocycles. The highest BCUT2D eigenvalue weighted by Gasteiger charge is 2.15. The predicted molar refractivity (Wildman–Crippen MR) is 74.5 cm³/mol. The van der Waals surface area contributed by atoms with E-state index in [0.29, 0.717) is 11.4 Å². The zero-order chi connectivity index (χ0) is 13.7. The Balaban J connectivity index is 2.65. The second kappa shape index (κ2) is 6.30. The van der Waals surface area contributed by atoms with Gasteiger partial charge in [0.1, 0.15) is 6.10 Å². The summed E-state index contributed by atoms with van der Waals surface area (Å²) in [5, 5.41) is 2.69. The summed E-state index contributed by atoms with van der Waals surface area (Å²) in [5.74, 6) is 0. The van der Waals surface area contributed by atoms with Crippen LogP contribution in [0.15, 0.2) is 16.8 Å². The average Bonchev–Trinajstić information content (AvgIpc) is 2.62. The summed E-state index contributed by atoms with van der Waals surface area (Å²) in [6, 6.07) is 0. The summed E-state index contributed by atoms with van der Waals surface area (Å²) in [4.78, 5) is 16.5. The van der Waals surface area contributed by atoms with Crippen LogP contribution in [0.3, 0.4) is 0 Å². The molecular formula is C12H17N3O2S. The van der Waals surface area contributed by atoms with Crippen molar-refractivity contribution in [3.8, 4) is 0 Å². The lowest BCUT2D eigenvalue weighted by atomic mass is 10.3. The molecule has 98 valence electrons. The first kappa shape index (κ1) is 14.4. The molecule has 0 aliphatic carbocycles. The van der Waals surface area contributed by atoms with Crippen LogP contribution in [0.4, 0.5) is 10.5 Å². The zero-order valence-corrected chi connectivity index (χ0v) is 11.8. The van der Waals surface area contributed by atoms with E-state index >= 15 is 0 Å². The molecule has 0 saturated heterocycles. The fourth-order valence-electron chi connectivity index (χ4n) is 1.47. The van der Waals surface area contributed by atoms with Crippen LogP contribution < -0.4 is 5.32 Å². The first-order valence-electron chi connectivity index (χ1n) is 5.53. The maximum Gasteiger partial charge on any atom is 0.412 e. The summed E-state index contributed by atoms with van der Waals surface area (Å²) in [6.07, 6.45) is 0.810.